The predicted octanol–water partition coefficient (Wildman–Crippen LogP) is 2.35. The Hall–Kier alpha value is -1.22. The molecule has 0 aliphatic carbocycles. The van der Waals surface area contributed by atoms with Gasteiger partial charge >= 0.3 is 0 Å². The molecule has 1 aliphatic heterocycles. The standard InChI is InChI=1S/C13H17ClN2O/c1-9-2-3-12(11(14)8-9)16-6-4-10(5-7-16)13(15)17/h2-3,8,10H,4-7H2,1H3,(H2,15,17). The highest BCUT2D eigenvalue weighted by atomic mass is 35.5. The van der Waals surface area contributed by atoms with Gasteiger partial charge in [0.1, 0.15) is 0 Å². The molecule has 1 saturated heterocycles. The van der Waals surface area contributed by atoms with Crippen LogP contribution in [0.3, 0.4) is 0 Å². The lowest BCUT2D eigenvalue weighted by molar-refractivity contribution is -0.122. The van der Waals surface area contributed by atoms with Crippen LogP contribution < -0.4 is 10.6 Å². The van der Waals surface area contributed by atoms with Gasteiger partial charge in [0.25, 0.3) is 0 Å². The number of aryl methyl sites for hydroxylation is 1. The molecule has 2 N–H and O–H groups in total. The third kappa shape index (κ3) is 2.72. The maximum atomic E-state index is 11.1. The molecule has 0 saturated carbocycles. The van der Waals surface area contributed by atoms with E-state index in [0.29, 0.717) is 0 Å². The largest absolute Gasteiger partial charge is 0.370 e. The maximum absolute atomic E-state index is 11.1. The lowest BCUT2D eigenvalue weighted by atomic mass is 9.96. The summed E-state index contributed by atoms with van der Waals surface area (Å²) in [6.07, 6.45) is 1.64. The zero-order valence-corrected chi connectivity index (χ0v) is 10.7. The minimum absolute atomic E-state index is 0.0236. The lowest BCUT2D eigenvalue weighted by Gasteiger charge is -2.33. The van der Waals surface area contributed by atoms with Crippen LogP contribution in [0.5, 0.6) is 0 Å². The summed E-state index contributed by atoms with van der Waals surface area (Å²) in [5.74, 6) is -0.157. The zero-order valence-electron chi connectivity index (χ0n) is 9.95. The highest BCUT2D eigenvalue weighted by Gasteiger charge is 2.24. The van der Waals surface area contributed by atoms with Crippen molar-refractivity contribution in [2.24, 2.45) is 11.7 Å². The summed E-state index contributed by atoms with van der Waals surface area (Å²) in [6, 6.07) is 6.07. The van der Waals surface area contributed by atoms with Crippen molar-refractivity contribution in [3.8, 4) is 0 Å². The van der Waals surface area contributed by atoms with Crippen LogP contribution in [0.4, 0.5) is 5.69 Å². The second kappa shape index (κ2) is 4.96. The van der Waals surface area contributed by atoms with Crippen LogP contribution in [0.2, 0.25) is 5.02 Å². The third-order valence-corrected chi connectivity index (χ3v) is 3.64. The quantitative estimate of drug-likeness (QED) is 0.878. The molecule has 1 aromatic rings. The SMILES string of the molecule is Cc1ccc(N2CCC(C(N)=O)CC2)c(Cl)c1. The first-order valence-corrected chi connectivity index (χ1v) is 6.26. The van der Waals surface area contributed by atoms with E-state index in [2.05, 4.69) is 11.0 Å². The summed E-state index contributed by atoms with van der Waals surface area (Å²) in [7, 11) is 0. The molecule has 0 unspecified atom stereocenters. The molecule has 1 amide bonds. The van der Waals surface area contributed by atoms with Crippen molar-refractivity contribution in [2.75, 3.05) is 18.0 Å². The highest BCUT2D eigenvalue weighted by Crippen LogP contribution is 2.30. The number of nitrogens with two attached hydrogens (primary N) is 1. The van der Waals surface area contributed by atoms with E-state index in [-0.39, 0.29) is 11.8 Å². The van der Waals surface area contributed by atoms with Gasteiger partial charge in [-0.05, 0) is 37.5 Å². The van der Waals surface area contributed by atoms with Crippen LogP contribution in [0, 0.1) is 12.8 Å². The van der Waals surface area contributed by atoms with Crippen molar-refractivity contribution < 1.29 is 4.79 Å². The van der Waals surface area contributed by atoms with Crippen LogP contribution in [0.25, 0.3) is 0 Å². The minimum atomic E-state index is -0.181. The number of primary amides is 1. The Balaban J connectivity index is 2.08. The first-order chi connectivity index (χ1) is 8.08. The Morgan fingerprint density at radius 3 is 2.59 bits per heavy atom. The van der Waals surface area contributed by atoms with Gasteiger partial charge in [-0.1, -0.05) is 17.7 Å². The van der Waals surface area contributed by atoms with Gasteiger partial charge in [-0.25, -0.2) is 0 Å². The molecule has 4 heteroatoms. The molecular weight excluding hydrogens is 236 g/mol. The number of nitrogens with zero attached hydrogens (tertiary/aromatic N) is 1. The Bertz CT molecular complexity index is 425. The van der Waals surface area contributed by atoms with Crippen LogP contribution >= 0.6 is 11.6 Å². The Morgan fingerprint density at radius 1 is 1.41 bits per heavy atom. The number of rotatable bonds is 2. The van der Waals surface area contributed by atoms with Crippen LogP contribution in [-0.4, -0.2) is 19.0 Å². The highest BCUT2D eigenvalue weighted by molar-refractivity contribution is 6.33. The second-order valence-corrected chi connectivity index (χ2v) is 5.03. The van der Waals surface area contributed by atoms with Crippen LogP contribution in [-0.2, 0) is 4.79 Å². The fraction of sp³-hybridized carbons (Fsp3) is 0.462. The molecule has 0 bridgehead atoms. The summed E-state index contributed by atoms with van der Waals surface area (Å²) in [6.45, 7) is 3.71. The summed E-state index contributed by atoms with van der Waals surface area (Å²) in [5, 5.41) is 0.780. The average Bonchev–Trinajstić information content (AvgIpc) is 2.29. The fourth-order valence-corrected chi connectivity index (χ4v) is 2.63. The number of carbonyl (C=O) groups excluding carboxylic acids is 1. The third-order valence-electron chi connectivity index (χ3n) is 3.34. The van der Waals surface area contributed by atoms with Crippen molar-refractivity contribution in [3.05, 3.63) is 28.8 Å². The monoisotopic (exact) mass is 252 g/mol. The molecule has 1 aliphatic rings. The van der Waals surface area contributed by atoms with Crippen LogP contribution in [0.1, 0.15) is 18.4 Å². The van der Waals surface area contributed by atoms with E-state index < -0.39 is 0 Å². The van der Waals surface area contributed by atoms with Crippen molar-refractivity contribution in [2.45, 2.75) is 19.8 Å². The Labute approximate surface area is 107 Å². The maximum Gasteiger partial charge on any atom is 0.220 e. The number of hydrogen-bond donors (Lipinski definition) is 1. The first kappa shape index (κ1) is 12.2. The van der Waals surface area contributed by atoms with Crippen molar-refractivity contribution in [1.29, 1.82) is 0 Å². The molecule has 1 fully saturated rings. The molecule has 0 radical (unpaired) electrons. The number of carbonyl (C=O) groups is 1. The second-order valence-electron chi connectivity index (χ2n) is 4.62. The molecule has 0 aromatic heterocycles. The average molecular weight is 253 g/mol. The van der Waals surface area contributed by atoms with Gasteiger partial charge in [0, 0.05) is 19.0 Å². The predicted molar refractivity (Wildman–Crippen MR) is 70.3 cm³/mol. The number of hydrogen-bond acceptors (Lipinski definition) is 2. The number of amides is 1. The Kier molecular flexibility index (Phi) is 3.57. The van der Waals surface area contributed by atoms with Gasteiger partial charge in [0.2, 0.25) is 5.91 Å². The first-order valence-electron chi connectivity index (χ1n) is 5.88. The minimum Gasteiger partial charge on any atom is -0.370 e. The van der Waals surface area contributed by atoms with Crippen molar-refractivity contribution in [1.82, 2.24) is 0 Å². The van der Waals surface area contributed by atoms with Gasteiger partial charge in [-0.15, -0.1) is 0 Å². The molecular formula is C13H17ClN2O. The van der Waals surface area contributed by atoms with Crippen molar-refractivity contribution in [3.63, 3.8) is 0 Å². The molecule has 92 valence electrons. The number of benzene rings is 1. The summed E-state index contributed by atoms with van der Waals surface area (Å²) in [4.78, 5) is 13.3. The molecule has 17 heavy (non-hydrogen) atoms. The van der Waals surface area contributed by atoms with Crippen molar-refractivity contribution >= 4 is 23.2 Å². The van der Waals surface area contributed by atoms with Gasteiger partial charge in [0.05, 0.1) is 10.7 Å². The normalized spacial score (nSPS) is 17.2. The molecule has 3 nitrogen and oxygen atoms in total. The van der Waals surface area contributed by atoms with E-state index in [0.717, 1.165) is 42.2 Å². The van der Waals surface area contributed by atoms with E-state index in [1.54, 1.807) is 0 Å². The Morgan fingerprint density at radius 2 is 2.06 bits per heavy atom. The zero-order chi connectivity index (χ0) is 12.4. The summed E-state index contributed by atoms with van der Waals surface area (Å²) in [5.41, 5.74) is 7.53. The van der Waals surface area contributed by atoms with E-state index in [9.17, 15) is 4.79 Å². The molecule has 0 spiro atoms. The van der Waals surface area contributed by atoms with E-state index in [4.69, 9.17) is 17.3 Å². The van der Waals surface area contributed by atoms with E-state index in [1.807, 2.05) is 19.1 Å². The number of halogens is 1. The van der Waals surface area contributed by atoms with E-state index in [1.165, 1.54) is 0 Å². The molecule has 1 heterocycles. The van der Waals surface area contributed by atoms with Gasteiger partial charge in [0.15, 0.2) is 0 Å². The number of piperidine rings is 1. The lowest BCUT2D eigenvalue weighted by Crippen LogP contribution is -2.38. The molecule has 0 atom stereocenters. The van der Waals surface area contributed by atoms with Gasteiger partial charge in [-0.2, -0.15) is 0 Å². The summed E-state index contributed by atoms with van der Waals surface area (Å²) >= 11 is 6.23. The topological polar surface area (TPSA) is 46.3 Å². The van der Waals surface area contributed by atoms with Gasteiger partial charge < -0.3 is 10.6 Å². The molecule has 2 rings (SSSR count). The van der Waals surface area contributed by atoms with E-state index >= 15 is 0 Å². The summed E-state index contributed by atoms with van der Waals surface area (Å²) < 4.78 is 0. The number of anilines is 1. The van der Waals surface area contributed by atoms with Gasteiger partial charge in [-0.3, -0.25) is 4.79 Å². The fourth-order valence-electron chi connectivity index (χ4n) is 2.27. The smallest absolute Gasteiger partial charge is 0.220 e. The van der Waals surface area contributed by atoms with Crippen LogP contribution in [0.15, 0.2) is 18.2 Å². The molecule has 1 aromatic carbocycles.